The van der Waals surface area contributed by atoms with E-state index < -0.39 is 0 Å². The number of aromatic nitrogens is 1. The lowest BCUT2D eigenvalue weighted by Crippen LogP contribution is -2.41. The molecule has 0 aliphatic carbocycles. The zero-order valence-corrected chi connectivity index (χ0v) is 12.8. The molecule has 3 nitrogen and oxygen atoms in total. The Morgan fingerprint density at radius 3 is 2.75 bits per heavy atom. The molecule has 1 aromatic carbocycles. The molecule has 0 spiro atoms. The summed E-state index contributed by atoms with van der Waals surface area (Å²) in [4.78, 5) is 4.21. The largest absolute Gasteiger partial charge is 0.374 e. The minimum absolute atomic E-state index is 0.151. The summed E-state index contributed by atoms with van der Waals surface area (Å²) in [5, 5.41) is 5.97. The first-order valence-electron chi connectivity index (χ1n) is 7.30. The maximum atomic E-state index is 5.97. The van der Waals surface area contributed by atoms with Crippen LogP contribution in [0.25, 0.3) is 10.8 Å². The molecule has 0 radical (unpaired) electrons. The fourth-order valence-electron chi connectivity index (χ4n) is 2.79. The van der Waals surface area contributed by atoms with Gasteiger partial charge in [-0.3, -0.25) is 4.98 Å². The topological polar surface area (TPSA) is 34.2 Å². The summed E-state index contributed by atoms with van der Waals surface area (Å²) >= 11 is 0. The van der Waals surface area contributed by atoms with Gasteiger partial charge in [-0.2, -0.15) is 0 Å². The van der Waals surface area contributed by atoms with Gasteiger partial charge in [0.05, 0.1) is 11.6 Å². The first kappa shape index (κ1) is 14.9. The van der Waals surface area contributed by atoms with Gasteiger partial charge in [0.15, 0.2) is 0 Å². The van der Waals surface area contributed by atoms with Crippen molar-refractivity contribution in [1.29, 1.82) is 0 Å². The number of hydrogen-bond donors (Lipinski definition) is 1. The normalized spacial score (nSPS) is 13.6. The van der Waals surface area contributed by atoms with Crippen LogP contribution in [0.1, 0.15) is 39.3 Å². The second kappa shape index (κ2) is 6.33. The number of hydrogen-bond acceptors (Lipinski definition) is 3. The first-order valence-corrected chi connectivity index (χ1v) is 7.30. The molecule has 20 heavy (non-hydrogen) atoms. The molecule has 1 N–H and O–H groups in total. The number of likely N-dealkylation sites (N-methyl/N-ethyl adjacent to an activating group) is 1. The molecule has 1 atom stereocenters. The highest BCUT2D eigenvalue weighted by atomic mass is 16.5. The molecular formula is C17H24N2O. The van der Waals surface area contributed by atoms with Crippen LogP contribution in [0, 0.1) is 0 Å². The molecular weight excluding hydrogens is 248 g/mol. The van der Waals surface area contributed by atoms with Crippen LogP contribution in [0.15, 0.2) is 36.7 Å². The van der Waals surface area contributed by atoms with E-state index in [4.69, 9.17) is 4.74 Å². The number of nitrogens with one attached hydrogen (secondary N) is 1. The Balaban J connectivity index is 2.52. The van der Waals surface area contributed by atoms with Crippen LogP contribution in [-0.2, 0) is 4.74 Å². The highest BCUT2D eigenvalue weighted by Crippen LogP contribution is 2.33. The van der Waals surface area contributed by atoms with Crippen LogP contribution in [0.5, 0.6) is 0 Å². The number of ether oxygens (including phenoxy) is 1. The van der Waals surface area contributed by atoms with E-state index in [1.165, 1.54) is 16.3 Å². The van der Waals surface area contributed by atoms with Gasteiger partial charge in [0.25, 0.3) is 0 Å². The van der Waals surface area contributed by atoms with E-state index >= 15 is 0 Å². The lowest BCUT2D eigenvalue weighted by atomic mass is 9.88. The number of pyridine rings is 1. The molecule has 3 heteroatoms. The van der Waals surface area contributed by atoms with Crippen molar-refractivity contribution in [3.05, 3.63) is 42.2 Å². The summed E-state index contributed by atoms with van der Waals surface area (Å²) < 4.78 is 5.97. The average molecular weight is 272 g/mol. The minimum atomic E-state index is -0.262. The van der Waals surface area contributed by atoms with Crippen molar-refractivity contribution in [2.75, 3.05) is 13.2 Å². The maximum Gasteiger partial charge on any atom is 0.0820 e. The Kier molecular flexibility index (Phi) is 4.73. The summed E-state index contributed by atoms with van der Waals surface area (Å²) in [6.07, 6.45) is 3.76. The standard InChI is InChI=1S/C17H24N2O/c1-5-19-16(17(3,4)20-6-2)15-9-7-8-13-12-18-11-10-14(13)15/h7-12,16,19H,5-6H2,1-4H3. The molecule has 0 aliphatic heterocycles. The molecule has 0 aliphatic rings. The zero-order chi connectivity index (χ0) is 14.6. The Labute approximate surface area is 121 Å². The Hall–Kier alpha value is -1.45. The van der Waals surface area contributed by atoms with E-state index in [1.807, 2.05) is 19.3 Å². The smallest absolute Gasteiger partial charge is 0.0820 e. The predicted molar refractivity (Wildman–Crippen MR) is 83.9 cm³/mol. The van der Waals surface area contributed by atoms with Crippen molar-refractivity contribution in [3.8, 4) is 0 Å². The van der Waals surface area contributed by atoms with Gasteiger partial charge < -0.3 is 10.1 Å². The fourth-order valence-corrected chi connectivity index (χ4v) is 2.79. The predicted octanol–water partition coefficient (Wildman–Crippen LogP) is 3.70. The third-order valence-corrected chi connectivity index (χ3v) is 3.65. The molecule has 0 saturated carbocycles. The third-order valence-electron chi connectivity index (χ3n) is 3.65. The molecule has 1 unspecified atom stereocenters. The van der Waals surface area contributed by atoms with Crippen molar-refractivity contribution in [3.63, 3.8) is 0 Å². The van der Waals surface area contributed by atoms with Gasteiger partial charge in [-0.25, -0.2) is 0 Å². The van der Waals surface area contributed by atoms with Crippen molar-refractivity contribution < 1.29 is 4.74 Å². The molecule has 2 aromatic rings. The summed E-state index contributed by atoms with van der Waals surface area (Å²) in [6, 6.07) is 8.60. The van der Waals surface area contributed by atoms with Gasteiger partial charge in [-0.15, -0.1) is 0 Å². The van der Waals surface area contributed by atoms with Crippen LogP contribution in [0.4, 0.5) is 0 Å². The molecule has 0 amide bonds. The first-order chi connectivity index (χ1) is 9.60. The van der Waals surface area contributed by atoms with Crippen LogP contribution in [0.2, 0.25) is 0 Å². The van der Waals surface area contributed by atoms with Crippen molar-refractivity contribution >= 4 is 10.8 Å². The fraction of sp³-hybridized carbons (Fsp3) is 0.471. The monoisotopic (exact) mass is 272 g/mol. The summed E-state index contributed by atoms with van der Waals surface area (Å²) in [6.45, 7) is 10.1. The van der Waals surface area contributed by atoms with E-state index in [9.17, 15) is 0 Å². The highest BCUT2D eigenvalue weighted by molar-refractivity contribution is 5.85. The van der Waals surface area contributed by atoms with Gasteiger partial charge in [0.2, 0.25) is 0 Å². The van der Waals surface area contributed by atoms with Crippen molar-refractivity contribution in [1.82, 2.24) is 10.3 Å². The van der Waals surface area contributed by atoms with E-state index in [1.54, 1.807) is 0 Å². The lowest BCUT2D eigenvalue weighted by Gasteiger charge is -2.35. The molecule has 0 saturated heterocycles. The average Bonchev–Trinajstić information content (AvgIpc) is 2.44. The SMILES string of the molecule is CCNC(c1cccc2cnccc12)C(C)(C)OCC. The minimum Gasteiger partial charge on any atom is -0.374 e. The summed E-state index contributed by atoms with van der Waals surface area (Å²) in [7, 11) is 0. The summed E-state index contributed by atoms with van der Waals surface area (Å²) in [5.74, 6) is 0. The maximum absolute atomic E-state index is 5.97. The summed E-state index contributed by atoms with van der Waals surface area (Å²) in [5.41, 5.74) is 1.01. The van der Waals surface area contributed by atoms with Gasteiger partial charge in [0.1, 0.15) is 0 Å². The molecule has 0 bridgehead atoms. The number of fused-ring (bicyclic) bond motifs is 1. The Bertz CT molecular complexity index is 560. The number of rotatable bonds is 6. The molecule has 1 heterocycles. The van der Waals surface area contributed by atoms with E-state index in [-0.39, 0.29) is 11.6 Å². The van der Waals surface area contributed by atoms with Crippen molar-refractivity contribution in [2.45, 2.75) is 39.3 Å². The highest BCUT2D eigenvalue weighted by Gasteiger charge is 2.31. The van der Waals surface area contributed by atoms with Crippen LogP contribution >= 0.6 is 0 Å². The second-order valence-electron chi connectivity index (χ2n) is 5.47. The van der Waals surface area contributed by atoms with E-state index in [0.717, 1.165) is 6.54 Å². The van der Waals surface area contributed by atoms with Gasteiger partial charge >= 0.3 is 0 Å². The zero-order valence-electron chi connectivity index (χ0n) is 12.8. The van der Waals surface area contributed by atoms with E-state index in [0.29, 0.717) is 6.61 Å². The Morgan fingerprint density at radius 2 is 2.05 bits per heavy atom. The van der Waals surface area contributed by atoms with Gasteiger partial charge in [-0.05, 0) is 44.3 Å². The van der Waals surface area contributed by atoms with Gasteiger partial charge in [0, 0.05) is 24.4 Å². The van der Waals surface area contributed by atoms with Crippen LogP contribution in [0.3, 0.4) is 0 Å². The molecule has 1 aromatic heterocycles. The molecule has 108 valence electrons. The van der Waals surface area contributed by atoms with Gasteiger partial charge in [-0.1, -0.05) is 25.1 Å². The molecule has 0 fully saturated rings. The van der Waals surface area contributed by atoms with E-state index in [2.05, 4.69) is 55.3 Å². The number of benzene rings is 1. The third kappa shape index (κ3) is 3.00. The Morgan fingerprint density at radius 1 is 1.25 bits per heavy atom. The second-order valence-corrected chi connectivity index (χ2v) is 5.47. The van der Waals surface area contributed by atoms with Crippen molar-refractivity contribution in [2.24, 2.45) is 0 Å². The van der Waals surface area contributed by atoms with Crippen LogP contribution < -0.4 is 5.32 Å². The molecule has 2 rings (SSSR count). The lowest BCUT2D eigenvalue weighted by molar-refractivity contribution is -0.0385. The van der Waals surface area contributed by atoms with Crippen LogP contribution in [-0.4, -0.2) is 23.7 Å². The quantitative estimate of drug-likeness (QED) is 0.870. The number of nitrogens with zero attached hydrogens (tertiary/aromatic N) is 1.